The maximum absolute atomic E-state index is 13.0. The first-order valence-electron chi connectivity index (χ1n) is 32.2. The molecule has 15 heteroatoms. The van der Waals surface area contributed by atoms with Crippen LogP contribution in [0.1, 0.15) is 212 Å². The summed E-state index contributed by atoms with van der Waals surface area (Å²) in [5.74, 6) is 6.84. The fourth-order valence-electron chi connectivity index (χ4n) is 8.91. The SMILES string of the molecule is CC(C)CCCC(C)CC[Se]CCNC(=O)CCN(CCC(=O)NCC[Se])CCN(C)CCN(CCC(=O)NCC[Se]CCC(C)CCCC(C)C)CCC(=O)NCC[Se]CC(C)CCCC(C)C.CCC(C)CCCC(C)C. The van der Waals surface area contributed by atoms with Crippen molar-refractivity contribution in [2.75, 3.05) is 85.6 Å². The first-order chi connectivity index (χ1) is 37.7. The third-order valence-electron chi connectivity index (χ3n) is 14.9. The molecule has 469 valence electrons. The fraction of sp³-hybridized carbons (Fsp3) is 0.938. The largest absolute Gasteiger partial charge is 0.0651 e. The van der Waals surface area contributed by atoms with Gasteiger partial charge in [0.05, 0.1) is 0 Å². The minimum atomic E-state index is 0.0368. The van der Waals surface area contributed by atoms with Gasteiger partial charge in [0.25, 0.3) is 0 Å². The minimum absolute atomic E-state index is 0.0368. The summed E-state index contributed by atoms with van der Waals surface area (Å²) in [6, 6.07) is 0. The third kappa shape index (κ3) is 60.8. The van der Waals surface area contributed by atoms with Crippen molar-refractivity contribution in [3.05, 3.63) is 0 Å². The van der Waals surface area contributed by atoms with Gasteiger partial charge in [0.15, 0.2) is 0 Å². The van der Waals surface area contributed by atoms with Gasteiger partial charge in [-0.3, -0.25) is 0 Å². The van der Waals surface area contributed by atoms with Crippen LogP contribution in [-0.2, 0) is 19.2 Å². The Morgan fingerprint density at radius 2 is 0.696 bits per heavy atom. The van der Waals surface area contributed by atoms with Gasteiger partial charge >= 0.3 is 457 Å². The molecule has 0 spiro atoms. The van der Waals surface area contributed by atoms with Crippen molar-refractivity contribution in [3.63, 3.8) is 0 Å². The van der Waals surface area contributed by atoms with Crippen LogP contribution in [-0.4, -0.2) is 185 Å². The standard InChI is InChI=1S/C54H108N7O4Se4.C10H22/c1-45(2)14-11-17-48(7)24-39-67-41-27-56-52(63)21-31-60(30-20-51(62)55-26-38-66)36-34-59(10)35-37-61(33-23-54(65)58-29-43-69-44-50(9)19-13-16-47(5)6)32-22-53(64)57-28-42-68-40-25-49(8)18-12-15-46(3)4;1-5-10(4)8-6-7-9(2)3/h45-50H,11-44H2,1-10H3,(H,55,62)(H,56,63)(H,57,64)(H,58,65);9-10H,5-8H2,1-4H3. The minimum Gasteiger partial charge on any atom is -0.0651 e. The van der Waals surface area contributed by atoms with Crippen molar-refractivity contribution in [2.45, 2.75) is 249 Å². The normalized spacial score (nSPS) is 13.3. The maximum Gasteiger partial charge on any atom is -0.0445 e. The number of hydrogen-bond acceptors (Lipinski definition) is 7. The smallest absolute Gasteiger partial charge is 0.0445 e. The molecule has 79 heavy (non-hydrogen) atoms. The molecule has 0 bridgehead atoms. The molecule has 0 aromatic carbocycles. The number of likely N-dealkylation sites (N-methyl/N-ethyl adjacent to an activating group) is 1. The molecule has 4 amide bonds. The van der Waals surface area contributed by atoms with Gasteiger partial charge in [0.1, 0.15) is 0 Å². The Balaban J connectivity index is 0. The van der Waals surface area contributed by atoms with Crippen LogP contribution < -0.4 is 21.3 Å². The Bertz CT molecular complexity index is 1420. The first kappa shape index (κ1) is 80.9. The third-order valence-corrected chi connectivity index (χ3v) is 22.3. The van der Waals surface area contributed by atoms with Crippen molar-refractivity contribution >= 4 is 84.5 Å². The summed E-state index contributed by atoms with van der Waals surface area (Å²) in [5.41, 5.74) is 0. The van der Waals surface area contributed by atoms with Crippen LogP contribution in [0, 0.1) is 47.3 Å². The van der Waals surface area contributed by atoms with Crippen LogP contribution in [0.5, 0.6) is 0 Å². The second-order valence-corrected chi connectivity index (χ2v) is 33.5. The molecule has 0 aliphatic heterocycles. The average Bonchev–Trinajstić information content (AvgIpc) is 3.38. The number of rotatable bonds is 54. The zero-order chi connectivity index (χ0) is 59.5. The van der Waals surface area contributed by atoms with Gasteiger partial charge in [-0.1, -0.05) is 53.4 Å². The van der Waals surface area contributed by atoms with Gasteiger partial charge in [-0.2, -0.15) is 0 Å². The molecule has 0 aliphatic carbocycles. The summed E-state index contributed by atoms with van der Waals surface area (Å²) in [4.78, 5) is 58.3. The zero-order valence-electron chi connectivity index (χ0n) is 54.1. The monoisotopic (exact) mass is 1380 g/mol. The van der Waals surface area contributed by atoms with E-state index in [2.05, 4.69) is 149 Å². The fourth-order valence-corrected chi connectivity index (χ4v) is 15.5. The van der Waals surface area contributed by atoms with E-state index in [9.17, 15) is 19.2 Å². The summed E-state index contributed by atoms with van der Waals surface area (Å²) in [6.45, 7) is 38.6. The van der Waals surface area contributed by atoms with Crippen LogP contribution in [0.15, 0.2) is 0 Å². The van der Waals surface area contributed by atoms with Crippen LogP contribution in [0.4, 0.5) is 0 Å². The van der Waals surface area contributed by atoms with Crippen LogP contribution in [0.25, 0.3) is 0 Å². The molecule has 0 aromatic rings. The summed E-state index contributed by atoms with van der Waals surface area (Å²) < 4.78 is 0. The molecule has 0 aromatic heterocycles. The zero-order valence-corrected chi connectivity index (χ0v) is 60.9. The van der Waals surface area contributed by atoms with E-state index >= 15 is 0 Å². The number of carbonyl (C=O) groups is 4. The molecule has 4 unspecified atom stereocenters. The number of nitrogens with one attached hydrogen (secondary N) is 4. The van der Waals surface area contributed by atoms with E-state index in [0.717, 1.165) is 114 Å². The van der Waals surface area contributed by atoms with Gasteiger partial charge in [0, 0.05) is 0 Å². The molecular weight excluding hydrogens is 1250 g/mol. The first-order valence-corrected chi connectivity index (χ1v) is 40.7. The van der Waals surface area contributed by atoms with Crippen molar-refractivity contribution in [1.82, 2.24) is 36.0 Å². The Labute approximate surface area is 518 Å². The second kappa shape index (κ2) is 56.9. The van der Waals surface area contributed by atoms with Crippen LogP contribution >= 0.6 is 0 Å². The van der Waals surface area contributed by atoms with Gasteiger partial charge in [0.2, 0.25) is 0 Å². The molecule has 4 N–H and O–H groups in total. The van der Waals surface area contributed by atoms with Crippen LogP contribution in [0.3, 0.4) is 0 Å². The summed E-state index contributed by atoms with van der Waals surface area (Å²) >= 11 is 4.62. The topological polar surface area (TPSA) is 126 Å². The molecule has 0 rings (SSSR count). The quantitative estimate of drug-likeness (QED) is 0.0353. The second-order valence-electron chi connectivity index (χ2n) is 25.1. The summed E-state index contributed by atoms with van der Waals surface area (Å²) in [5, 5.41) is 20.3. The predicted molar refractivity (Wildman–Crippen MR) is 348 cm³/mol. The maximum atomic E-state index is 13.0. The predicted octanol–water partition coefficient (Wildman–Crippen LogP) is 12.8. The van der Waals surface area contributed by atoms with E-state index in [1.165, 1.54) is 112 Å². The number of nitrogens with zero attached hydrogens (tertiary/aromatic N) is 3. The average molecular weight is 1380 g/mol. The molecule has 0 saturated heterocycles. The Morgan fingerprint density at radius 1 is 0.380 bits per heavy atom. The van der Waals surface area contributed by atoms with Crippen LogP contribution in [0.2, 0.25) is 37.2 Å². The summed E-state index contributed by atoms with van der Waals surface area (Å²) in [7, 11) is 2.11. The van der Waals surface area contributed by atoms with Gasteiger partial charge in [-0.15, -0.1) is 0 Å². The molecule has 0 saturated carbocycles. The van der Waals surface area contributed by atoms with Gasteiger partial charge < -0.3 is 0 Å². The van der Waals surface area contributed by atoms with E-state index in [1.54, 1.807) is 0 Å². The molecule has 0 heterocycles. The molecule has 11 nitrogen and oxygen atoms in total. The van der Waals surface area contributed by atoms with E-state index in [-0.39, 0.29) is 23.6 Å². The van der Waals surface area contributed by atoms with Crippen molar-refractivity contribution < 1.29 is 19.2 Å². The van der Waals surface area contributed by atoms with Crippen molar-refractivity contribution in [2.24, 2.45) is 47.3 Å². The number of amides is 4. The van der Waals surface area contributed by atoms with Gasteiger partial charge in [-0.05, 0) is 11.8 Å². The molecule has 0 aliphatic rings. The molecule has 1 radical (unpaired) electrons. The Morgan fingerprint density at radius 3 is 1.03 bits per heavy atom. The van der Waals surface area contributed by atoms with Gasteiger partial charge in [-0.25, -0.2) is 0 Å². The van der Waals surface area contributed by atoms with E-state index in [0.29, 0.717) is 103 Å². The molecule has 4 atom stereocenters. The Kier molecular flexibility index (Phi) is 58.3. The summed E-state index contributed by atoms with van der Waals surface area (Å²) in [6.07, 6.45) is 21.8. The molecule has 0 fully saturated rings. The van der Waals surface area contributed by atoms with E-state index in [4.69, 9.17) is 0 Å². The van der Waals surface area contributed by atoms with E-state index in [1.807, 2.05) is 0 Å². The van der Waals surface area contributed by atoms with Crippen molar-refractivity contribution in [3.8, 4) is 0 Å². The number of hydrogen-bond donors (Lipinski definition) is 4. The van der Waals surface area contributed by atoms with E-state index < -0.39 is 0 Å². The number of carbonyl (C=O) groups excluding carboxylic acids is 4. The molecular formula is C64H130N7O4Se4. The Hall–Kier alpha value is -0.162. The van der Waals surface area contributed by atoms with Crippen molar-refractivity contribution in [1.29, 1.82) is 0 Å².